The molecule has 0 unspecified atom stereocenters. The fraction of sp³-hybridized carbons (Fsp3) is 0.118. The van der Waals surface area contributed by atoms with Gasteiger partial charge in [0.1, 0.15) is 5.75 Å². The van der Waals surface area contributed by atoms with E-state index in [-0.39, 0.29) is 22.3 Å². The van der Waals surface area contributed by atoms with Gasteiger partial charge in [-0.1, -0.05) is 29.3 Å². The molecule has 0 aromatic heterocycles. The molecule has 0 heterocycles. The molecule has 2 aromatic rings. The standard InChI is InChI=1S/C17H14Cl2O4/c1-22-15-6-4-11(18)9-12(15)14(20)5-3-10-7-13(19)17(21)16(8-10)23-2/h3-9,21H,1-2H3/b5-3+. The first-order chi connectivity index (χ1) is 11.0. The van der Waals surface area contributed by atoms with Crippen LogP contribution in [-0.2, 0) is 0 Å². The van der Waals surface area contributed by atoms with Crippen molar-refractivity contribution in [3.05, 3.63) is 57.6 Å². The molecule has 0 aliphatic heterocycles. The monoisotopic (exact) mass is 352 g/mol. The van der Waals surface area contributed by atoms with Crippen molar-refractivity contribution in [1.29, 1.82) is 0 Å². The van der Waals surface area contributed by atoms with Gasteiger partial charge in [-0.25, -0.2) is 0 Å². The Hall–Kier alpha value is -2.17. The fourth-order valence-electron chi connectivity index (χ4n) is 1.98. The van der Waals surface area contributed by atoms with E-state index in [4.69, 9.17) is 32.7 Å². The fourth-order valence-corrected chi connectivity index (χ4v) is 2.37. The second-order valence-electron chi connectivity index (χ2n) is 4.60. The third kappa shape index (κ3) is 3.97. The molecule has 0 amide bonds. The molecule has 0 aliphatic rings. The van der Waals surface area contributed by atoms with E-state index < -0.39 is 0 Å². The van der Waals surface area contributed by atoms with Crippen LogP contribution < -0.4 is 9.47 Å². The van der Waals surface area contributed by atoms with Crippen molar-refractivity contribution in [2.24, 2.45) is 0 Å². The van der Waals surface area contributed by atoms with Gasteiger partial charge >= 0.3 is 0 Å². The zero-order chi connectivity index (χ0) is 17.0. The number of hydrogen-bond acceptors (Lipinski definition) is 4. The van der Waals surface area contributed by atoms with Gasteiger partial charge in [0.05, 0.1) is 24.8 Å². The number of benzene rings is 2. The van der Waals surface area contributed by atoms with Crippen LogP contribution in [-0.4, -0.2) is 25.1 Å². The summed E-state index contributed by atoms with van der Waals surface area (Å²) in [5.41, 5.74) is 0.965. The molecule has 0 saturated carbocycles. The highest BCUT2D eigenvalue weighted by atomic mass is 35.5. The van der Waals surface area contributed by atoms with E-state index in [1.807, 2.05) is 0 Å². The summed E-state index contributed by atoms with van der Waals surface area (Å²) in [5.74, 6) is 0.247. The SMILES string of the molecule is COc1ccc(Cl)cc1C(=O)/C=C/c1cc(Cl)c(O)c(OC)c1. The number of ether oxygens (including phenoxy) is 2. The molecule has 23 heavy (non-hydrogen) atoms. The Morgan fingerprint density at radius 2 is 1.78 bits per heavy atom. The van der Waals surface area contributed by atoms with E-state index in [1.54, 1.807) is 24.3 Å². The average molecular weight is 353 g/mol. The predicted molar refractivity (Wildman–Crippen MR) is 91.0 cm³/mol. The molecule has 0 spiro atoms. The summed E-state index contributed by atoms with van der Waals surface area (Å²) in [6, 6.07) is 7.91. The van der Waals surface area contributed by atoms with Gasteiger partial charge in [0.25, 0.3) is 0 Å². The first-order valence-electron chi connectivity index (χ1n) is 6.58. The van der Waals surface area contributed by atoms with Crippen molar-refractivity contribution < 1.29 is 19.4 Å². The van der Waals surface area contributed by atoms with E-state index in [1.165, 1.54) is 32.4 Å². The number of ketones is 1. The summed E-state index contributed by atoms with van der Waals surface area (Å²) >= 11 is 11.8. The van der Waals surface area contributed by atoms with Crippen molar-refractivity contribution in [2.75, 3.05) is 14.2 Å². The molecular formula is C17H14Cl2O4. The van der Waals surface area contributed by atoms with E-state index in [9.17, 15) is 9.90 Å². The summed E-state index contributed by atoms with van der Waals surface area (Å²) < 4.78 is 10.2. The maximum Gasteiger partial charge on any atom is 0.189 e. The molecule has 0 fully saturated rings. The third-order valence-electron chi connectivity index (χ3n) is 3.12. The van der Waals surface area contributed by atoms with Gasteiger partial charge in [-0.2, -0.15) is 0 Å². The van der Waals surface area contributed by atoms with Gasteiger partial charge in [0.15, 0.2) is 17.3 Å². The van der Waals surface area contributed by atoms with Crippen molar-refractivity contribution in [1.82, 2.24) is 0 Å². The number of halogens is 2. The molecule has 6 heteroatoms. The highest BCUT2D eigenvalue weighted by molar-refractivity contribution is 6.32. The largest absolute Gasteiger partial charge is 0.503 e. The first-order valence-corrected chi connectivity index (χ1v) is 7.34. The van der Waals surface area contributed by atoms with Crippen LogP contribution in [0.3, 0.4) is 0 Å². The Morgan fingerprint density at radius 1 is 1.09 bits per heavy atom. The molecule has 0 atom stereocenters. The van der Waals surface area contributed by atoms with E-state index >= 15 is 0 Å². The van der Waals surface area contributed by atoms with Crippen molar-refractivity contribution in [2.45, 2.75) is 0 Å². The maximum atomic E-state index is 12.3. The van der Waals surface area contributed by atoms with Crippen molar-refractivity contribution >= 4 is 35.1 Å². The molecule has 0 aliphatic carbocycles. The third-order valence-corrected chi connectivity index (χ3v) is 3.65. The van der Waals surface area contributed by atoms with Crippen molar-refractivity contribution in [3.63, 3.8) is 0 Å². The summed E-state index contributed by atoms with van der Waals surface area (Å²) in [5, 5.41) is 10.3. The molecular weight excluding hydrogens is 339 g/mol. The number of phenols is 1. The number of rotatable bonds is 5. The lowest BCUT2D eigenvalue weighted by Crippen LogP contribution is -1.98. The van der Waals surface area contributed by atoms with Gasteiger partial charge in [-0.3, -0.25) is 4.79 Å². The lowest BCUT2D eigenvalue weighted by molar-refractivity contribution is 0.104. The molecule has 0 saturated heterocycles. The topological polar surface area (TPSA) is 55.8 Å². The Labute approximate surface area is 143 Å². The molecule has 2 aromatic carbocycles. The average Bonchev–Trinajstić information content (AvgIpc) is 2.55. The van der Waals surface area contributed by atoms with Gasteiger partial charge in [-0.15, -0.1) is 0 Å². The number of carbonyl (C=O) groups is 1. The smallest absolute Gasteiger partial charge is 0.189 e. The predicted octanol–water partition coefficient (Wildman–Crippen LogP) is 4.61. The molecule has 4 nitrogen and oxygen atoms in total. The van der Waals surface area contributed by atoms with Gasteiger partial charge in [-0.05, 0) is 42.0 Å². The van der Waals surface area contributed by atoms with Gasteiger partial charge < -0.3 is 14.6 Å². The van der Waals surface area contributed by atoms with Crippen LogP contribution >= 0.6 is 23.2 Å². The molecule has 2 rings (SSSR count). The normalized spacial score (nSPS) is 10.8. The highest BCUT2D eigenvalue weighted by Gasteiger charge is 2.11. The summed E-state index contributed by atoms with van der Waals surface area (Å²) in [6.45, 7) is 0. The number of hydrogen-bond donors (Lipinski definition) is 1. The second kappa shape index (κ2) is 7.40. The maximum absolute atomic E-state index is 12.3. The summed E-state index contributed by atoms with van der Waals surface area (Å²) in [7, 11) is 2.90. The highest BCUT2D eigenvalue weighted by Crippen LogP contribution is 2.35. The number of allylic oxidation sites excluding steroid dienone is 1. The van der Waals surface area contributed by atoms with Crippen LogP contribution in [0.25, 0.3) is 6.08 Å². The van der Waals surface area contributed by atoms with E-state index in [2.05, 4.69) is 0 Å². The van der Waals surface area contributed by atoms with Crippen LogP contribution in [0.2, 0.25) is 10.0 Å². The minimum absolute atomic E-state index is 0.136. The summed E-state index contributed by atoms with van der Waals surface area (Å²) in [6.07, 6.45) is 2.94. The lowest BCUT2D eigenvalue weighted by Gasteiger charge is -2.07. The quantitative estimate of drug-likeness (QED) is 0.630. The van der Waals surface area contributed by atoms with Crippen molar-refractivity contribution in [3.8, 4) is 17.2 Å². The van der Waals surface area contributed by atoms with Gasteiger partial charge in [0.2, 0.25) is 0 Å². The van der Waals surface area contributed by atoms with Crippen LogP contribution in [0.5, 0.6) is 17.2 Å². The first kappa shape index (κ1) is 17.2. The van der Waals surface area contributed by atoms with Crippen LogP contribution in [0.4, 0.5) is 0 Å². The molecule has 0 radical (unpaired) electrons. The lowest BCUT2D eigenvalue weighted by atomic mass is 10.1. The zero-order valence-corrected chi connectivity index (χ0v) is 14.0. The Morgan fingerprint density at radius 3 is 2.43 bits per heavy atom. The molecule has 120 valence electrons. The van der Waals surface area contributed by atoms with Crippen LogP contribution in [0, 0.1) is 0 Å². The Bertz CT molecular complexity index is 769. The Kier molecular flexibility index (Phi) is 5.53. The number of phenolic OH excluding ortho intramolecular Hbond substituents is 1. The van der Waals surface area contributed by atoms with Gasteiger partial charge in [0, 0.05) is 5.02 Å². The number of methoxy groups -OCH3 is 2. The van der Waals surface area contributed by atoms with E-state index in [0.29, 0.717) is 21.9 Å². The summed E-state index contributed by atoms with van der Waals surface area (Å²) in [4.78, 5) is 12.3. The number of aromatic hydroxyl groups is 1. The second-order valence-corrected chi connectivity index (χ2v) is 5.44. The van der Waals surface area contributed by atoms with Crippen LogP contribution in [0.1, 0.15) is 15.9 Å². The number of carbonyl (C=O) groups excluding carboxylic acids is 1. The minimum atomic E-state index is -0.271. The Balaban J connectivity index is 2.32. The minimum Gasteiger partial charge on any atom is -0.503 e. The van der Waals surface area contributed by atoms with Crippen LogP contribution in [0.15, 0.2) is 36.4 Å². The van der Waals surface area contributed by atoms with E-state index in [0.717, 1.165) is 0 Å². The zero-order valence-electron chi connectivity index (χ0n) is 12.5. The molecule has 1 N–H and O–H groups in total. The molecule has 0 bridgehead atoms.